The fourth-order valence-electron chi connectivity index (χ4n) is 0.920. The Hall–Kier alpha value is -0.410. The molecule has 0 radical (unpaired) electrons. The van der Waals surface area contributed by atoms with Gasteiger partial charge in [-0.3, -0.25) is 0 Å². The lowest BCUT2D eigenvalue weighted by atomic mass is 10.0. The average molecular weight is 156 g/mol. The number of aromatic nitrogens is 1. The minimum Gasteiger partial charge on any atom is -0.321 e. The van der Waals surface area contributed by atoms with E-state index in [2.05, 4.69) is 4.98 Å². The average Bonchev–Trinajstić information content (AvgIpc) is 2.11. The van der Waals surface area contributed by atoms with Gasteiger partial charge in [0.1, 0.15) is 0 Å². The maximum Gasteiger partial charge on any atom is 0.0798 e. The smallest absolute Gasteiger partial charge is 0.0798 e. The molecule has 0 aliphatic heterocycles. The summed E-state index contributed by atoms with van der Waals surface area (Å²) in [6.07, 6.45) is 0. The summed E-state index contributed by atoms with van der Waals surface area (Å²) in [6.45, 7) is 5.97. The van der Waals surface area contributed by atoms with Crippen molar-refractivity contribution in [2.75, 3.05) is 0 Å². The Kier molecular flexibility index (Phi) is 1.79. The van der Waals surface area contributed by atoms with Crippen LogP contribution in [-0.2, 0) is 5.54 Å². The fraction of sp³-hybridized carbons (Fsp3) is 0.571. The fourth-order valence-corrected chi connectivity index (χ4v) is 1.76. The van der Waals surface area contributed by atoms with Crippen LogP contribution in [0.2, 0.25) is 0 Å². The van der Waals surface area contributed by atoms with Crippen LogP contribution in [0, 0.1) is 6.92 Å². The Bertz CT molecular complexity index is 222. The van der Waals surface area contributed by atoms with Crippen molar-refractivity contribution in [3.8, 4) is 0 Å². The Labute approximate surface area is 65.1 Å². The molecule has 10 heavy (non-hydrogen) atoms. The van der Waals surface area contributed by atoms with Gasteiger partial charge in [-0.15, -0.1) is 11.3 Å². The molecule has 0 fully saturated rings. The van der Waals surface area contributed by atoms with Gasteiger partial charge < -0.3 is 5.73 Å². The number of thiazole rings is 1. The Balaban J connectivity index is 3.05. The number of nitrogens with two attached hydrogens (primary N) is 1. The molecule has 1 rings (SSSR count). The molecule has 2 N–H and O–H groups in total. The Morgan fingerprint density at radius 1 is 1.60 bits per heavy atom. The summed E-state index contributed by atoms with van der Waals surface area (Å²) < 4.78 is 0. The van der Waals surface area contributed by atoms with E-state index in [4.69, 9.17) is 5.73 Å². The molecule has 0 aliphatic rings. The highest BCUT2D eigenvalue weighted by atomic mass is 32.1. The highest BCUT2D eigenvalue weighted by Crippen LogP contribution is 2.23. The third-order valence-corrected chi connectivity index (χ3v) is 2.60. The zero-order valence-electron chi connectivity index (χ0n) is 6.51. The summed E-state index contributed by atoms with van der Waals surface area (Å²) in [5.74, 6) is 0. The molecule has 1 aromatic rings. The van der Waals surface area contributed by atoms with Crippen LogP contribution in [0.4, 0.5) is 0 Å². The van der Waals surface area contributed by atoms with Crippen molar-refractivity contribution in [1.82, 2.24) is 4.98 Å². The lowest BCUT2D eigenvalue weighted by Gasteiger charge is -2.16. The molecule has 0 saturated heterocycles. The molecule has 0 atom stereocenters. The van der Waals surface area contributed by atoms with Crippen LogP contribution in [0.3, 0.4) is 0 Å². The van der Waals surface area contributed by atoms with E-state index in [1.165, 1.54) is 4.88 Å². The van der Waals surface area contributed by atoms with E-state index in [0.29, 0.717) is 0 Å². The maximum atomic E-state index is 5.87. The van der Waals surface area contributed by atoms with Crippen molar-refractivity contribution in [3.63, 3.8) is 0 Å². The molecule has 56 valence electrons. The van der Waals surface area contributed by atoms with Gasteiger partial charge in [-0.25, -0.2) is 4.98 Å². The van der Waals surface area contributed by atoms with Crippen LogP contribution in [-0.4, -0.2) is 4.98 Å². The highest BCUT2D eigenvalue weighted by Gasteiger charge is 2.18. The van der Waals surface area contributed by atoms with Gasteiger partial charge >= 0.3 is 0 Å². The van der Waals surface area contributed by atoms with Crippen LogP contribution in [0.1, 0.15) is 24.4 Å². The first-order valence-corrected chi connectivity index (χ1v) is 4.09. The van der Waals surface area contributed by atoms with Crippen LogP contribution in [0.15, 0.2) is 5.51 Å². The third-order valence-electron chi connectivity index (χ3n) is 1.33. The molecule has 1 heterocycles. The topological polar surface area (TPSA) is 38.9 Å². The minimum atomic E-state index is -0.231. The highest BCUT2D eigenvalue weighted by molar-refractivity contribution is 7.09. The lowest BCUT2D eigenvalue weighted by Crippen LogP contribution is -2.28. The SMILES string of the molecule is Cc1ncsc1C(C)(C)N. The van der Waals surface area contributed by atoms with Crippen molar-refractivity contribution < 1.29 is 0 Å². The molecule has 0 unspecified atom stereocenters. The standard InChI is InChI=1S/C7H12N2S/c1-5-6(7(2,3)8)10-4-9-5/h4H,8H2,1-3H3. The Morgan fingerprint density at radius 3 is 2.40 bits per heavy atom. The number of rotatable bonds is 1. The number of hydrogen-bond acceptors (Lipinski definition) is 3. The monoisotopic (exact) mass is 156 g/mol. The van der Waals surface area contributed by atoms with Crippen LogP contribution < -0.4 is 5.73 Å². The molecule has 0 aliphatic carbocycles. The maximum absolute atomic E-state index is 5.87. The number of hydrogen-bond donors (Lipinski definition) is 1. The third kappa shape index (κ3) is 1.36. The van der Waals surface area contributed by atoms with Crippen LogP contribution in [0.25, 0.3) is 0 Å². The van der Waals surface area contributed by atoms with Crippen LogP contribution in [0.5, 0.6) is 0 Å². The molecular weight excluding hydrogens is 144 g/mol. The van der Waals surface area contributed by atoms with Gasteiger partial charge in [-0.1, -0.05) is 0 Å². The van der Waals surface area contributed by atoms with E-state index in [-0.39, 0.29) is 5.54 Å². The van der Waals surface area contributed by atoms with E-state index in [0.717, 1.165) is 5.69 Å². The van der Waals surface area contributed by atoms with E-state index in [1.807, 2.05) is 26.3 Å². The molecule has 2 nitrogen and oxygen atoms in total. The van der Waals surface area contributed by atoms with Gasteiger partial charge in [-0.05, 0) is 20.8 Å². The van der Waals surface area contributed by atoms with Crippen LogP contribution >= 0.6 is 11.3 Å². The summed E-state index contributed by atoms with van der Waals surface area (Å²) in [5, 5.41) is 0. The summed E-state index contributed by atoms with van der Waals surface area (Å²) in [6, 6.07) is 0. The van der Waals surface area contributed by atoms with Gasteiger partial charge in [0.15, 0.2) is 0 Å². The normalized spacial score (nSPS) is 12.0. The number of nitrogens with zero attached hydrogens (tertiary/aromatic N) is 1. The summed E-state index contributed by atoms with van der Waals surface area (Å²) in [5.41, 5.74) is 8.53. The van der Waals surface area contributed by atoms with E-state index >= 15 is 0 Å². The predicted octanol–water partition coefficient (Wildman–Crippen LogP) is 1.65. The summed E-state index contributed by atoms with van der Waals surface area (Å²) in [4.78, 5) is 5.30. The van der Waals surface area contributed by atoms with E-state index in [1.54, 1.807) is 11.3 Å². The summed E-state index contributed by atoms with van der Waals surface area (Å²) in [7, 11) is 0. The molecule has 0 bridgehead atoms. The van der Waals surface area contributed by atoms with Crippen molar-refractivity contribution in [2.45, 2.75) is 26.3 Å². The quantitative estimate of drug-likeness (QED) is 0.671. The minimum absolute atomic E-state index is 0.231. The molecule has 0 amide bonds. The van der Waals surface area contributed by atoms with Crippen molar-refractivity contribution in [3.05, 3.63) is 16.1 Å². The lowest BCUT2D eigenvalue weighted by molar-refractivity contribution is 0.562. The first-order valence-electron chi connectivity index (χ1n) is 3.21. The van der Waals surface area contributed by atoms with Crippen molar-refractivity contribution in [1.29, 1.82) is 0 Å². The summed E-state index contributed by atoms with van der Waals surface area (Å²) >= 11 is 1.62. The van der Waals surface area contributed by atoms with Gasteiger partial charge in [-0.2, -0.15) is 0 Å². The first-order chi connectivity index (χ1) is 4.52. The largest absolute Gasteiger partial charge is 0.321 e. The second-order valence-electron chi connectivity index (χ2n) is 2.99. The molecule has 0 aromatic carbocycles. The predicted molar refractivity (Wildman–Crippen MR) is 44.1 cm³/mol. The van der Waals surface area contributed by atoms with Gasteiger partial charge in [0.2, 0.25) is 0 Å². The zero-order valence-corrected chi connectivity index (χ0v) is 7.33. The van der Waals surface area contributed by atoms with E-state index in [9.17, 15) is 0 Å². The molecule has 0 saturated carbocycles. The van der Waals surface area contributed by atoms with E-state index < -0.39 is 0 Å². The molecular formula is C7H12N2S. The first kappa shape index (κ1) is 7.69. The number of aryl methyl sites for hydroxylation is 1. The molecule has 3 heteroatoms. The zero-order chi connectivity index (χ0) is 7.78. The molecule has 1 aromatic heterocycles. The van der Waals surface area contributed by atoms with Gasteiger partial charge in [0, 0.05) is 10.4 Å². The second-order valence-corrected chi connectivity index (χ2v) is 3.84. The molecule has 0 spiro atoms. The Morgan fingerprint density at radius 2 is 2.20 bits per heavy atom. The van der Waals surface area contributed by atoms with Crippen molar-refractivity contribution >= 4 is 11.3 Å². The second kappa shape index (κ2) is 2.32. The van der Waals surface area contributed by atoms with Crippen molar-refractivity contribution in [2.24, 2.45) is 5.73 Å². The van der Waals surface area contributed by atoms with Gasteiger partial charge in [0.25, 0.3) is 0 Å². The van der Waals surface area contributed by atoms with Gasteiger partial charge in [0.05, 0.1) is 11.2 Å².